The summed E-state index contributed by atoms with van der Waals surface area (Å²) in [4.78, 5) is 11.1. The molecule has 0 radical (unpaired) electrons. The number of carbonyl (C=O) groups is 1. The van der Waals surface area contributed by atoms with Crippen LogP contribution >= 0.6 is 11.8 Å². The van der Waals surface area contributed by atoms with E-state index in [0.717, 1.165) is 11.5 Å². The number of methoxy groups -OCH3 is 1. The van der Waals surface area contributed by atoms with E-state index in [1.54, 1.807) is 0 Å². The first kappa shape index (κ1) is 14.1. The van der Waals surface area contributed by atoms with Gasteiger partial charge in [-0.15, -0.1) is 0 Å². The molecular weight excluding hydrogens is 234 g/mol. The normalized spacial score (nSPS) is 10.2. The van der Waals surface area contributed by atoms with Crippen LogP contribution in [0.4, 0.5) is 0 Å². The molecule has 0 spiro atoms. The van der Waals surface area contributed by atoms with E-state index in [1.165, 1.54) is 18.2 Å². The van der Waals surface area contributed by atoms with Gasteiger partial charge in [0.1, 0.15) is 6.61 Å². The first-order valence-electron chi connectivity index (χ1n) is 5.61. The van der Waals surface area contributed by atoms with Crippen LogP contribution in [0, 0.1) is 6.92 Å². The van der Waals surface area contributed by atoms with Gasteiger partial charge < -0.3 is 10.1 Å². The summed E-state index contributed by atoms with van der Waals surface area (Å²) in [6.07, 6.45) is 0. The summed E-state index contributed by atoms with van der Waals surface area (Å²) in [5, 5.41) is 2.80. The van der Waals surface area contributed by atoms with Crippen LogP contribution in [0.5, 0.6) is 0 Å². The lowest BCUT2D eigenvalue weighted by molar-refractivity contribution is -0.124. The van der Waals surface area contributed by atoms with Crippen molar-refractivity contribution in [2.45, 2.75) is 12.7 Å². The number of hydrogen-bond donors (Lipinski definition) is 1. The van der Waals surface area contributed by atoms with Crippen LogP contribution in [-0.4, -0.2) is 31.9 Å². The van der Waals surface area contributed by atoms with Crippen LogP contribution in [-0.2, 0) is 15.3 Å². The summed E-state index contributed by atoms with van der Waals surface area (Å²) in [7, 11) is 1.52. The molecule has 94 valence electrons. The van der Waals surface area contributed by atoms with Crippen molar-refractivity contribution in [2.75, 3.05) is 26.0 Å². The third-order valence-electron chi connectivity index (χ3n) is 2.20. The molecule has 0 saturated heterocycles. The largest absolute Gasteiger partial charge is 0.375 e. The molecule has 0 aliphatic rings. The fraction of sp³-hybridized carbons (Fsp3) is 0.462. The Hall–Kier alpha value is -1.00. The second-order valence-corrected chi connectivity index (χ2v) is 4.93. The molecule has 0 aliphatic carbocycles. The van der Waals surface area contributed by atoms with Gasteiger partial charge in [0.25, 0.3) is 0 Å². The van der Waals surface area contributed by atoms with Crippen LogP contribution in [0.15, 0.2) is 24.3 Å². The first-order chi connectivity index (χ1) is 8.22. The smallest absolute Gasteiger partial charge is 0.246 e. The van der Waals surface area contributed by atoms with Crippen molar-refractivity contribution in [3.05, 3.63) is 35.4 Å². The topological polar surface area (TPSA) is 38.3 Å². The fourth-order valence-corrected chi connectivity index (χ4v) is 2.24. The lowest BCUT2D eigenvalue weighted by atomic mass is 10.2. The highest BCUT2D eigenvalue weighted by molar-refractivity contribution is 7.98. The number of carbonyl (C=O) groups excluding carboxylic acids is 1. The molecule has 1 amide bonds. The van der Waals surface area contributed by atoms with E-state index >= 15 is 0 Å². The molecule has 0 atom stereocenters. The van der Waals surface area contributed by atoms with Crippen molar-refractivity contribution in [1.82, 2.24) is 5.32 Å². The molecule has 3 nitrogen and oxygen atoms in total. The number of thioether (sulfide) groups is 1. The van der Waals surface area contributed by atoms with E-state index in [4.69, 9.17) is 4.74 Å². The number of aryl methyl sites for hydroxylation is 1. The lowest BCUT2D eigenvalue weighted by Gasteiger charge is -2.05. The maximum atomic E-state index is 11.1. The molecule has 1 aromatic carbocycles. The zero-order chi connectivity index (χ0) is 12.5. The fourth-order valence-electron chi connectivity index (χ4n) is 1.44. The molecule has 1 aromatic rings. The molecule has 1 N–H and O–H groups in total. The summed E-state index contributed by atoms with van der Waals surface area (Å²) in [5.74, 6) is 1.86. The molecule has 17 heavy (non-hydrogen) atoms. The Labute approximate surface area is 107 Å². The van der Waals surface area contributed by atoms with Gasteiger partial charge in [-0.05, 0) is 12.5 Å². The minimum absolute atomic E-state index is 0.0522. The molecule has 0 aromatic heterocycles. The Kier molecular flexibility index (Phi) is 6.74. The number of hydrogen-bond acceptors (Lipinski definition) is 3. The SMILES string of the molecule is COCC(=O)NCCSCc1cccc(C)c1. The van der Waals surface area contributed by atoms with Crippen LogP contribution in [0.2, 0.25) is 0 Å². The van der Waals surface area contributed by atoms with E-state index in [9.17, 15) is 4.79 Å². The van der Waals surface area contributed by atoms with Gasteiger partial charge in [-0.2, -0.15) is 11.8 Å². The predicted octanol–water partition coefficient (Wildman–Crippen LogP) is 1.99. The first-order valence-corrected chi connectivity index (χ1v) is 6.77. The minimum atomic E-state index is -0.0522. The number of benzene rings is 1. The summed E-state index contributed by atoms with van der Waals surface area (Å²) in [5.41, 5.74) is 2.62. The van der Waals surface area contributed by atoms with Gasteiger partial charge in [0.2, 0.25) is 5.91 Å². The molecule has 0 heterocycles. The van der Waals surface area contributed by atoms with Gasteiger partial charge in [-0.25, -0.2) is 0 Å². The third kappa shape index (κ3) is 6.34. The highest BCUT2D eigenvalue weighted by Crippen LogP contribution is 2.12. The Morgan fingerprint density at radius 2 is 2.29 bits per heavy atom. The lowest BCUT2D eigenvalue weighted by Crippen LogP contribution is -2.29. The van der Waals surface area contributed by atoms with E-state index in [0.29, 0.717) is 6.54 Å². The monoisotopic (exact) mass is 253 g/mol. The zero-order valence-corrected chi connectivity index (χ0v) is 11.2. The minimum Gasteiger partial charge on any atom is -0.375 e. The Morgan fingerprint density at radius 3 is 3.00 bits per heavy atom. The van der Waals surface area contributed by atoms with Crippen LogP contribution in [0.1, 0.15) is 11.1 Å². The predicted molar refractivity (Wildman–Crippen MR) is 72.2 cm³/mol. The quantitative estimate of drug-likeness (QED) is 0.755. The molecule has 0 fully saturated rings. The van der Waals surface area contributed by atoms with E-state index in [1.807, 2.05) is 11.8 Å². The van der Waals surface area contributed by atoms with Crippen molar-refractivity contribution in [1.29, 1.82) is 0 Å². The van der Waals surface area contributed by atoms with Crippen LogP contribution < -0.4 is 5.32 Å². The molecule has 0 bridgehead atoms. The van der Waals surface area contributed by atoms with Crippen molar-refractivity contribution in [3.63, 3.8) is 0 Å². The van der Waals surface area contributed by atoms with Gasteiger partial charge in [0, 0.05) is 25.2 Å². The maximum absolute atomic E-state index is 11.1. The standard InChI is InChI=1S/C13H19NO2S/c1-11-4-3-5-12(8-11)10-17-7-6-14-13(15)9-16-2/h3-5,8H,6-7,9-10H2,1-2H3,(H,14,15). The second kappa shape index (κ2) is 8.14. The molecule has 1 rings (SSSR count). The second-order valence-electron chi connectivity index (χ2n) is 3.82. The summed E-state index contributed by atoms with van der Waals surface area (Å²) >= 11 is 1.82. The molecule has 0 aliphatic heterocycles. The number of amides is 1. The summed E-state index contributed by atoms with van der Waals surface area (Å²) < 4.78 is 4.72. The zero-order valence-electron chi connectivity index (χ0n) is 10.4. The van der Waals surface area contributed by atoms with Crippen molar-refractivity contribution < 1.29 is 9.53 Å². The number of ether oxygens (including phenoxy) is 1. The van der Waals surface area contributed by atoms with Gasteiger partial charge in [0.05, 0.1) is 0 Å². The Balaban J connectivity index is 2.10. The Morgan fingerprint density at radius 1 is 1.47 bits per heavy atom. The van der Waals surface area contributed by atoms with Crippen molar-refractivity contribution in [2.24, 2.45) is 0 Å². The maximum Gasteiger partial charge on any atom is 0.246 e. The molecule has 4 heteroatoms. The average Bonchev–Trinajstić information content (AvgIpc) is 2.29. The number of nitrogens with one attached hydrogen (secondary N) is 1. The molecule has 0 unspecified atom stereocenters. The van der Waals surface area contributed by atoms with Gasteiger partial charge in [-0.1, -0.05) is 29.8 Å². The van der Waals surface area contributed by atoms with E-state index < -0.39 is 0 Å². The van der Waals surface area contributed by atoms with Crippen LogP contribution in [0.25, 0.3) is 0 Å². The van der Waals surface area contributed by atoms with Crippen LogP contribution in [0.3, 0.4) is 0 Å². The Bertz CT molecular complexity index is 355. The van der Waals surface area contributed by atoms with E-state index in [2.05, 4.69) is 36.5 Å². The van der Waals surface area contributed by atoms with Gasteiger partial charge in [0.15, 0.2) is 0 Å². The highest BCUT2D eigenvalue weighted by atomic mass is 32.2. The number of rotatable bonds is 7. The average molecular weight is 253 g/mol. The summed E-state index contributed by atoms with van der Waals surface area (Å²) in [6, 6.07) is 8.49. The molecular formula is C13H19NO2S. The highest BCUT2D eigenvalue weighted by Gasteiger charge is 1.98. The third-order valence-corrected chi connectivity index (χ3v) is 3.23. The van der Waals surface area contributed by atoms with Gasteiger partial charge >= 0.3 is 0 Å². The van der Waals surface area contributed by atoms with Crippen molar-refractivity contribution in [3.8, 4) is 0 Å². The van der Waals surface area contributed by atoms with Crippen molar-refractivity contribution >= 4 is 17.7 Å². The van der Waals surface area contributed by atoms with Gasteiger partial charge in [-0.3, -0.25) is 4.79 Å². The van der Waals surface area contributed by atoms with E-state index in [-0.39, 0.29) is 12.5 Å². The molecule has 0 saturated carbocycles. The summed E-state index contributed by atoms with van der Waals surface area (Å²) in [6.45, 7) is 2.93.